The number of hydrogen-bond acceptors (Lipinski definition) is 7. The minimum absolute atomic E-state index is 0.0703. The molecule has 9 nitrogen and oxygen atoms in total. The first kappa shape index (κ1) is 17.7. The van der Waals surface area contributed by atoms with Gasteiger partial charge in [0.15, 0.2) is 5.52 Å². The maximum Gasteiger partial charge on any atom is 0.264 e. The van der Waals surface area contributed by atoms with Crippen molar-refractivity contribution in [3.8, 4) is 0 Å². The van der Waals surface area contributed by atoms with Crippen LogP contribution in [0.1, 0.15) is 5.56 Å². The van der Waals surface area contributed by atoms with Gasteiger partial charge >= 0.3 is 0 Å². The average molecular weight is 425 g/mol. The summed E-state index contributed by atoms with van der Waals surface area (Å²) in [4.78, 5) is 3.80. The topological polar surface area (TPSA) is 116 Å². The van der Waals surface area contributed by atoms with E-state index in [4.69, 9.17) is 23.2 Å². The van der Waals surface area contributed by atoms with Crippen LogP contribution >= 0.6 is 23.2 Å². The lowest BCUT2D eigenvalue weighted by atomic mass is 10.2. The molecule has 0 aliphatic heterocycles. The van der Waals surface area contributed by atoms with Crippen LogP contribution in [0.3, 0.4) is 0 Å². The molecule has 0 saturated carbocycles. The molecule has 4 rings (SSSR count). The zero-order valence-corrected chi connectivity index (χ0v) is 15.7. The summed E-state index contributed by atoms with van der Waals surface area (Å²) in [6.07, 6.45) is 2.88. The van der Waals surface area contributed by atoms with Gasteiger partial charge < -0.3 is 0 Å². The molecular weight excluding hydrogens is 415 g/mol. The largest absolute Gasteiger partial charge is 0.279 e. The molecule has 0 fully saturated rings. The van der Waals surface area contributed by atoms with Crippen molar-refractivity contribution >= 4 is 49.9 Å². The number of aromatic nitrogens is 5. The summed E-state index contributed by atoms with van der Waals surface area (Å²) in [5, 5.41) is 11.8. The van der Waals surface area contributed by atoms with Gasteiger partial charge in [-0.3, -0.25) is 4.72 Å². The third-order valence-corrected chi connectivity index (χ3v) is 5.85. The van der Waals surface area contributed by atoms with E-state index in [0.29, 0.717) is 11.1 Å². The van der Waals surface area contributed by atoms with Crippen LogP contribution < -0.4 is 4.72 Å². The van der Waals surface area contributed by atoms with Crippen molar-refractivity contribution in [2.45, 2.75) is 11.4 Å². The van der Waals surface area contributed by atoms with Crippen LogP contribution in [0.2, 0.25) is 10.0 Å². The Morgan fingerprint density at radius 3 is 2.74 bits per heavy atom. The van der Waals surface area contributed by atoms with Crippen molar-refractivity contribution in [3.05, 3.63) is 58.6 Å². The molecule has 138 valence electrons. The standard InChI is InChI=1S/C15H10Cl2N6O3S/c16-10-4-9(6-23-8-18-7-19-23)13(5-11(10)17)22-27(24,25)14-3-1-2-12-15(14)21-26-20-12/h1-5,7-8,22H,6H2. The molecule has 12 heteroatoms. The summed E-state index contributed by atoms with van der Waals surface area (Å²) in [6.45, 7) is 0.241. The number of fused-ring (bicyclic) bond motifs is 1. The number of halogens is 2. The van der Waals surface area contributed by atoms with E-state index < -0.39 is 10.0 Å². The fraction of sp³-hybridized carbons (Fsp3) is 0.0667. The Kier molecular flexibility index (Phi) is 4.46. The minimum atomic E-state index is -4.00. The summed E-state index contributed by atoms with van der Waals surface area (Å²) in [5.41, 5.74) is 1.27. The Balaban J connectivity index is 1.77. The van der Waals surface area contributed by atoms with Crippen molar-refractivity contribution in [2.75, 3.05) is 4.72 Å². The Morgan fingerprint density at radius 1 is 1.15 bits per heavy atom. The van der Waals surface area contributed by atoms with E-state index >= 15 is 0 Å². The summed E-state index contributed by atoms with van der Waals surface area (Å²) < 4.78 is 34.5. The molecule has 2 aromatic carbocycles. The third kappa shape index (κ3) is 3.46. The highest BCUT2D eigenvalue weighted by Crippen LogP contribution is 2.31. The summed E-state index contributed by atoms with van der Waals surface area (Å²) in [6, 6.07) is 7.56. The van der Waals surface area contributed by atoms with Crippen molar-refractivity contribution in [1.29, 1.82) is 0 Å². The van der Waals surface area contributed by atoms with Gasteiger partial charge in [-0.1, -0.05) is 29.3 Å². The van der Waals surface area contributed by atoms with Gasteiger partial charge in [-0.25, -0.2) is 22.7 Å². The molecule has 0 amide bonds. The number of rotatable bonds is 5. The zero-order valence-electron chi connectivity index (χ0n) is 13.4. The van der Waals surface area contributed by atoms with E-state index in [2.05, 4.69) is 29.7 Å². The van der Waals surface area contributed by atoms with Crippen LogP contribution in [-0.4, -0.2) is 33.5 Å². The van der Waals surface area contributed by atoms with Crippen molar-refractivity contribution in [1.82, 2.24) is 25.1 Å². The van der Waals surface area contributed by atoms with Crippen molar-refractivity contribution in [3.63, 3.8) is 0 Å². The highest BCUT2D eigenvalue weighted by molar-refractivity contribution is 7.93. The number of hydrogen-bond donors (Lipinski definition) is 1. The second kappa shape index (κ2) is 6.80. The molecule has 0 radical (unpaired) electrons. The van der Waals surface area contributed by atoms with Gasteiger partial charge in [-0.05, 0) is 40.1 Å². The molecule has 2 heterocycles. The SMILES string of the molecule is O=S(=O)(Nc1cc(Cl)c(Cl)cc1Cn1cncn1)c1cccc2nonc12. The number of anilines is 1. The maximum atomic E-state index is 12.9. The molecule has 1 N–H and O–H groups in total. The molecular formula is C15H10Cl2N6O3S. The lowest BCUT2D eigenvalue weighted by molar-refractivity contribution is 0.315. The van der Waals surface area contributed by atoms with Crippen LogP contribution in [0.5, 0.6) is 0 Å². The fourth-order valence-electron chi connectivity index (χ4n) is 2.50. The lowest BCUT2D eigenvalue weighted by Crippen LogP contribution is -2.16. The molecule has 0 aliphatic rings. The number of nitrogens with zero attached hydrogens (tertiary/aromatic N) is 5. The molecule has 0 atom stereocenters. The number of benzene rings is 2. The highest BCUT2D eigenvalue weighted by Gasteiger charge is 2.22. The first-order chi connectivity index (χ1) is 12.9. The quantitative estimate of drug-likeness (QED) is 0.523. The van der Waals surface area contributed by atoms with Crippen molar-refractivity contribution in [2.24, 2.45) is 0 Å². The first-order valence-corrected chi connectivity index (χ1v) is 9.72. The lowest BCUT2D eigenvalue weighted by Gasteiger charge is -2.14. The van der Waals surface area contributed by atoms with Gasteiger partial charge in [-0.15, -0.1) is 0 Å². The van der Waals surface area contributed by atoms with Gasteiger partial charge in [0.25, 0.3) is 10.0 Å². The highest BCUT2D eigenvalue weighted by atomic mass is 35.5. The Bertz CT molecular complexity index is 1220. The summed E-state index contributed by atoms with van der Waals surface area (Å²) >= 11 is 12.2. The average Bonchev–Trinajstić information content (AvgIpc) is 3.30. The Morgan fingerprint density at radius 2 is 1.96 bits per heavy atom. The van der Waals surface area contributed by atoms with Crippen LogP contribution in [0.4, 0.5) is 5.69 Å². The first-order valence-electron chi connectivity index (χ1n) is 7.48. The maximum absolute atomic E-state index is 12.9. The monoisotopic (exact) mass is 424 g/mol. The fourth-order valence-corrected chi connectivity index (χ4v) is 4.09. The Hall–Kier alpha value is -2.69. The van der Waals surface area contributed by atoms with E-state index in [1.807, 2.05) is 0 Å². The molecule has 0 bridgehead atoms. The molecule has 0 saturated heterocycles. The predicted molar refractivity (Wildman–Crippen MR) is 98.2 cm³/mol. The van der Waals surface area contributed by atoms with Crippen LogP contribution in [0.25, 0.3) is 11.0 Å². The van der Waals surface area contributed by atoms with E-state index in [-0.39, 0.29) is 32.7 Å². The molecule has 4 aromatic rings. The molecule has 0 aliphatic carbocycles. The third-order valence-electron chi connectivity index (χ3n) is 3.73. The normalized spacial score (nSPS) is 11.8. The predicted octanol–water partition coefficient (Wildman–Crippen LogP) is 2.97. The number of nitrogens with one attached hydrogen (secondary N) is 1. The smallest absolute Gasteiger partial charge is 0.264 e. The second-order valence-corrected chi connectivity index (χ2v) is 7.98. The van der Waals surface area contributed by atoms with Crippen LogP contribution in [0.15, 0.2) is 52.5 Å². The van der Waals surface area contributed by atoms with E-state index in [1.165, 1.54) is 29.5 Å². The summed E-state index contributed by atoms with van der Waals surface area (Å²) in [7, 11) is -4.00. The van der Waals surface area contributed by atoms with E-state index in [9.17, 15) is 8.42 Å². The summed E-state index contributed by atoms with van der Waals surface area (Å²) in [5.74, 6) is 0. The molecule has 27 heavy (non-hydrogen) atoms. The molecule has 2 aromatic heterocycles. The van der Waals surface area contributed by atoms with Gasteiger partial charge in [0.1, 0.15) is 23.1 Å². The zero-order chi connectivity index (χ0) is 19.0. The van der Waals surface area contributed by atoms with E-state index in [0.717, 1.165) is 0 Å². The van der Waals surface area contributed by atoms with Gasteiger partial charge in [0.2, 0.25) is 0 Å². The second-order valence-electron chi connectivity index (χ2n) is 5.51. The number of sulfonamides is 1. The Labute approximate surface area is 162 Å². The van der Waals surface area contributed by atoms with E-state index in [1.54, 1.807) is 18.2 Å². The van der Waals surface area contributed by atoms with Gasteiger partial charge in [0, 0.05) is 0 Å². The van der Waals surface area contributed by atoms with Gasteiger partial charge in [0.05, 0.1) is 22.3 Å². The molecule has 0 spiro atoms. The van der Waals surface area contributed by atoms with Gasteiger partial charge in [-0.2, -0.15) is 5.10 Å². The van der Waals surface area contributed by atoms with Crippen LogP contribution in [0, 0.1) is 0 Å². The van der Waals surface area contributed by atoms with Crippen LogP contribution in [-0.2, 0) is 16.6 Å². The van der Waals surface area contributed by atoms with Crippen molar-refractivity contribution < 1.29 is 13.0 Å². The minimum Gasteiger partial charge on any atom is -0.279 e. The molecule has 0 unspecified atom stereocenters.